The topological polar surface area (TPSA) is 107 Å². The van der Waals surface area contributed by atoms with E-state index < -0.39 is 21.2 Å². The Balaban J connectivity index is 1.64. The molecule has 7 nitrogen and oxygen atoms in total. The number of aromatic nitrogens is 2. The number of halogens is 3. The van der Waals surface area contributed by atoms with E-state index in [0.717, 1.165) is 0 Å². The van der Waals surface area contributed by atoms with Gasteiger partial charge >= 0.3 is 6.18 Å². The molecule has 3 N–H and O–H groups in total. The molecule has 2 heterocycles. The number of pyridine rings is 1. The van der Waals surface area contributed by atoms with E-state index in [1.54, 1.807) is 36.4 Å². The summed E-state index contributed by atoms with van der Waals surface area (Å²) in [5.74, 6) is 0.491. The maximum atomic E-state index is 13.3. The molecule has 0 aliphatic rings. The van der Waals surface area contributed by atoms with Gasteiger partial charge in [0.25, 0.3) is 0 Å². The van der Waals surface area contributed by atoms with Crippen LogP contribution in [0.5, 0.6) is 10.8 Å². The molecule has 12 heteroatoms. The average molecular weight is 493 g/mol. The molecule has 0 atom stereocenters. The predicted octanol–water partition coefficient (Wildman–Crippen LogP) is 5.41. The van der Waals surface area contributed by atoms with Crippen molar-refractivity contribution < 1.29 is 26.3 Å². The second-order valence-electron chi connectivity index (χ2n) is 6.70. The van der Waals surface area contributed by atoms with E-state index in [4.69, 9.17) is 9.88 Å². The van der Waals surface area contributed by atoms with Gasteiger partial charge in [0.05, 0.1) is 4.90 Å². The van der Waals surface area contributed by atoms with E-state index >= 15 is 0 Å². The molecule has 4 aromatic rings. The van der Waals surface area contributed by atoms with Crippen LogP contribution in [0.25, 0.3) is 11.3 Å². The van der Waals surface area contributed by atoms with Crippen molar-refractivity contribution in [3.05, 3.63) is 77.9 Å². The molecule has 0 aliphatic carbocycles. The van der Waals surface area contributed by atoms with Gasteiger partial charge in [-0.3, -0.25) is 0 Å². The minimum Gasteiger partial charge on any atom is -0.444 e. The quantitative estimate of drug-likeness (QED) is 0.373. The van der Waals surface area contributed by atoms with E-state index in [1.807, 2.05) is 0 Å². The van der Waals surface area contributed by atoms with Crippen molar-refractivity contribution in [2.24, 2.45) is 5.14 Å². The van der Waals surface area contributed by atoms with E-state index in [1.165, 1.54) is 36.5 Å². The summed E-state index contributed by atoms with van der Waals surface area (Å²) in [7, 11) is -3.89. The third-order valence-electron chi connectivity index (χ3n) is 4.26. The summed E-state index contributed by atoms with van der Waals surface area (Å²) < 4.78 is 68.7. The fourth-order valence-electron chi connectivity index (χ4n) is 2.82. The zero-order valence-electron chi connectivity index (χ0n) is 16.6. The molecule has 0 amide bonds. The van der Waals surface area contributed by atoms with Crippen LogP contribution in [0.2, 0.25) is 0 Å². The lowest BCUT2D eigenvalue weighted by Gasteiger charge is -2.09. The monoisotopic (exact) mass is 492 g/mol. The molecule has 33 heavy (non-hydrogen) atoms. The fraction of sp³-hybridized carbons (Fsp3) is 0.0476. The van der Waals surface area contributed by atoms with Gasteiger partial charge in [0.1, 0.15) is 17.3 Å². The minimum absolute atomic E-state index is 0.0260. The van der Waals surface area contributed by atoms with Crippen LogP contribution >= 0.6 is 11.3 Å². The van der Waals surface area contributed by atoms with Crippen molar-refractivity contribution >= 4 is 32.9 Å². The van der Waals surface area contributed by atoms with Crippen molar-refractivity contribution in [2.45, 2.75) is 11.1 Å². The molecule has 0 saturated heterocycles. The average Bonchev–Trinajstić information content (AvgIpc) is 3.19. The summed E-state index contributed by atoms with van der Waals surface area (Å²) in [5.41, 5.74) is 0.944. The number of hydrogen-bond acceptors (Lipinski definition) is 7. The number of ether oxygens (including phenoxy) is 1. The third-order valence-corrected chi connectivity index (χ3v) is 6.15. The lowest BCUT2D eigenvalue weighted by atomic mass is 10.2. The summed E-state index contributed by atoms with van der Waals surface area (Å²) in [4.78, 5) is 7.78. The SMILES string of the molecule is NS(=O)(=O)c1cccc(Nc2cc(Oc3sc(C(F)(F)F)nc3-c3ccccc3)ccn2)c1. The molecule has 0 aliphatic heterocycles. The Kier molecular flexibility index (Phi) is 6.06. The summed E-state index contributed by atoms with van der Waals surface area (Å²) in [6, 6.07) is 17.1. The van der Waals surface area contributed by atoms with Gasteiger partial charge in [-0.1, -0.05) is 47.7 Å². The van der Waals surface area contributed by atoms with Gasteiger partial charge in [0.15, 0.2) is 0 Å². The van der Waals surface area contributed by atoms with Crippen LogP contribution in [-0.2, 0) is 16.2 Å². The number of benzene rings is 2. The maximum Gasteiger partial charge on any atom is 0.443 e. The molecular weight excluding hydrogens is 477 g/mol. The van der Waals surface area contributed by atoms with Gasteiger partial charge < -0.3 is 10.1 Å². The Morgan fingerprint density at radius 2 is 1.76 bits per heavy atom. The molecule has 0 unspecified atom stereocenters. The van der Waals surface area contributed by atoms with Crippen LogP contribution in [0, 0.1) is 0 Å². The normalized spacial score (nSPS) is 11.9. The number of nitrogens with two attached hydrogens (primary N) is 1. The fourth-order valence-corrected chi connectivity index (χ4v) is 4.21. The van der Waals surface area contributed by atoms with Crippen molar-refractivity contribution in [1.82, 2.24) is 9.97 Å². The number of anilines is 2. The second-order valence-corrected chi connectivity index (χ2v) is 9.22. The highest BCUT2D eigenvalue weighted by molar-refractivity contribution is 7.89. The summed E-state index contributed by atoms with van der Waals surface area (Å²) in [6.45, 7) is 0. The zero-order chi connectivity index (χ0) is 23.6. The van der Waals surface area contributed by atoms with Gasteiger partial charge in [-0.05, 0) is 24.3 Å². The van der Waals surface area contributed by atoms with Crippen LogP contribution in [0.4, 0.5) is 24.7 Å². The van der Waals surface area contributed by atoms with E-state index in [0.29, 0.717) is 22.6 Å². The molecule has 0 saturated carbocycles. The van der Waals surface area contributed by atoms with Gasteiger partial charge in [-0.25, -0.2) is 23.5 Å². The number of thiazole rings is 1. The van der Waals surface area contributed by atoms with Crippen LogP contribution in [0.1, 0.15) is 5.01 Å². The lowest BCUT2D eigenvalue weighted by molar-refractivity contribution is -0.137. The number of hydrogen-bond donors (Lipinski definition) is 2. The van der Waals surface area contributed by atoms with Crippen LogP contribution < -0.4 is 15.2 Å². The molecule has 0 radical (unpaired) electrons. The van der Waals surface area contributed by atoms with Gasteiger partial charge in [0.2, 0.25) is 20.1 Å². The Labute approximate surface area is 190 Å². The van der Waals surface area contributed by atoms with Gasteiger partial charge in [-0.2, -0.15) is 13.2 Å². The second kappa shape index (κ2) is 8.81. The first-order chi connectivity index (χ1) is 15.6. The third kappa shape index (κ3) is 5.48. The van der Waals surface area contributed by atoms with E-state index in [9.17, 15) is 21.6 Å². The zero-order valence-corrected chi connectivity index (χ0v) is 18.2. The molecule has 4 rings (SSSR count). The largest absolute Gasteiger partial charge is 0.444 e. The molecular formula is C21H15F3N4O3S2. The Bertz CT molecular complexity index is 1390. The molecule has 0 spiro atoms. The van der Waals surface area contributed by atoms with Crippen molar-refractivity contribution in [2.75, 3.05) is 5.32 Å². The first kappa shape index (κ1) is 22.7. The summed E-state index contributed by atoms with van der Waals surface area (Å²) in [6.07, 6.45) is -3.22. The number of sulfonamides is 1. The molecule has 0 fully saturated rings. The molecule has 170 valence electrons. The summed E-state index contributed by atoms with van der Waals surface area (Å²) in [5, 5.41) is 7.01. The number of primary sulfonamides is 1. The Hall–Kier alpha value is -3.48. The highest BCUT2D eigenvalue weighted by Gasteiger charge is 2.37. The van der Waals surface area contributed by atoms with Crippen LogP contribution in [0.3, 0.4) is 0 Å². The van der Waals surface area contributed by atoms with Crippen LogP contribution in [0.15, 0.2) is 77.8 Å². The first-order valence-corrected chi connectivity index (χ1v) is 11.6. The van der Waals surface area contributed by atoms with Gasteiger partial charge in [-0.15, -0.1) is 0 Å². The number of rotatable bonds is 6. The molecule has 0 bridgehead atoms. The predicted molar refractivity (Wildman–Crippen MR) is 118 cm³/mol. The molecule has 2 aromatic heterocycles. The van der Waals surface area contributed by atoms with E-state index in [-0.39, 0.29) is 27.2 Å². The number of alkyl halides is 3. The number of nitrogens with zero attached hydrogens (tertiary/aromatic N) is 2. The summed E-state index contributed by atoms with van der Waals surface area (Å²) >= 11 is 0.391. The standard InChI is InChI=1S/C21H15F3N4O3S2/c22-21(23,24)20-28-18(13-5-2-1-3-6-13)19(32-20)31-15-9-10-26-17(12-15)27-14-7-4-8-16(11-14)33(25,29)30/h1-12H,(H,26,27)(H2,25,29,30). The first-order valence-electron chi connectivity index (χ1n) is 9.27. The Morgan fingerprint density at radius 3 is 2.45 bits per heavy atom. The van der Waals surface area contributed by atoms with E-state index in [2.05, 4.69) is 15.3 Å². The van der Waals surface area contributed by atoms with Crippen molar-refractivity contribution in [3.8, 4) is 22.1 Å². The Morgan fingerprint density at radius 1 is 1.00 bits per heavy atom. The molecule has 2 aromatic carbocycles. The number of nitrogens with one attached hydrogen (secondary N) is 1. The van der Waals surface area contributed by atoms with Crippen molar-refractivity contribution in [1.29, 1.82) is 0 Å². The smallest absolute Gasteiger partial charge is 0.443 e. The maximum absolute atomic E-state index is 13.3. The van der Waals surface area contributed by atoms with Gasteiger partial charge in [0, 0.05) is 23.5 Å². The highest BCUT2D eigenvalue weighted by Crippen LogP contribution is 2.44. The van der Waals surface area contributed by atoms with Crippen molar-refractivity contribution in [3.63, 3.8) is 0 Å². The minimum atomic E-state index is -4.62. The highest BCUT2D eigenvalue weighted by atomic mass is 32.2. The van der Waals surface area contributed by atoms with Crippen LogP contribution in [-0.4, -0.2) is 18.4 Å². The lowest BCUT2D eigenvalue weighted by Crippen LogP contribution is -2.12.